The van der Waals surface area contributed by atoms with Crippen LogP contribution in [0.3, 0.4) is 0 Å². The number of halogens is 1. The van der Waals surface area contributed by atoms with Gasteiger partial charge in [-0.15, -0.1) is 5.10 Å². The summed E-state index contributed by atoms with van der Waals surface area (Å²) in [7, 11) is 0. The minimum atomic E-state index is -1.09. The Hall–Kier alpha value is -1.92. The monoisotopic (exact) mass is 293 g/mol. The predicted molar refractivity (Wildman–Crippen MR) is 71.2 cm³/mol. The van der Waals surface area contributed by atoms with Crippen molar-refractivity contribution in [1.29, 1.82) is 0 Å². The largest absolute Gasteiger partial charge is 0.478 e. The summed E-state index contributed by atoms with van der Waals surface area (Å²) in [6.45, 7) is -0.175. The van der Waals surface area contributed by atoms with Gasteiger partial charge >= 0.3 is 5.97 Å². The number of hydrogen-bond acceptors (Lipinski definition) is 4. The standard InChI is InChI=1S/C13H12ClN3O3/c14-10-4-3-8(5-9(10)13(19)20)17-12(7-1-2-7)11(6-18)15-16-17/h3-5,7,18H,1-2,6H2,(H,19,20). The van der Waals surface area contributed by atoms with Crippen LogP contribution < -0.4 is 0 Å². The summed E-state index contributed by atoms with van der Waals surface area (Å²) in [5.74, 6) is -0.761. The first-order chi connectivity index (χ1) is 9.61. The Morgan fingerprint density at radius 2 is 2.20 bits per heavy atom. The molecule has 2 aromatic rings. The van der Waals surface area contributed by atoms with Gasteiger partial charge in [0.05, 0.1) is 28.6 Å². The van der Waals surface area contributed by atoms with Gasteiger partial charge < -0.3 is 10.2 Å². The number of benzene rings is 1. The highest BCUT2D eigenvalue weighted by molar-refractivity contribution is 6.33. The minimum Gasteiger partial charge on any atom is -0.478 e. The molecule has 2 N–H and O–H groups in total. The lowest BCUT2D eigenvalue weighted by Gasteiger charge is -2.08. The number of aromatic nitrogens is 3. The van der Waals surface area contributed by atoms with Crippen molar-refractivity contribution in [1.82, 2.24) is 15.0 Å². The van der Waals surface area contributed by atoms with Crippen molar-refractivity contribution in [2.24, 2.45) is 0 Å². The van der Waals surface area contributed by atoms with Gasteiger partial charge in [-0.2, -0.15) is 0 Å². The van der Waals surface area contributed by atoms with E-state index in [0.29, 0.717) is 17.3 Å². The van der Waals surface area contributed by atoms with Crippen molar-refractivity contribution in [3.05, 3.63) is 40.2 Å². The number of carbonyl (C=O) groups is 1. The van der Waals surface area contributed by atoms with E-state index in [1.807, 2.05) is 0 Å². The first-order valence-corrected chi connectivity index (χ1v) is 6.58. The van der Waals surface area contributed by atoms with E-state index in [-0.39, 0.29) is 17.2 Å². The Kier molecular flexibility index (Phi) is 3.19. The number of aliphatic hydroxyl groups is 1. The molecule has 1 aliphatic rings. The Morgan fingerprint density at radius 1 is 1.45 bits per heavy atom. The molecule has 0 aliphatic heterocycles. The van der Waals surface area contributed by atoms with E-state index in [0.717, 1.165) is 18.5 Å². The zero-order chi connectivity index (χ0) is 14.3. The smallest absolute Gasteiger partial charge is 0.337 e. The molecule has 1 fully saturated rings. The van der Waals surface area contributed by atoms with Gasteiger partial charge in [0.1, 0.15) is 5.69 Å². The highest BCUT2D eigenvalue weighted by Gasteiger charge is 2.31. The van der Waals surface area contributed by atoms with Crippen LogP contribution in [0.15, 0.2) is 18.2 Å². The Balaban J connectivity index is 2.11. The molecule has 1 aliphatic carbocycles. The molecule has 0 spiro atoms. The summed E-state index contributed by atoms with van der Waals surface area (Å²) in [4.78, 5) is 11.1. The fourth-order valence-electron chi connectivity index (χ4n) is 2.20. The summed E-state index contributed by atoms with van der Waals surface area (Å²) < 4.78 is 1.59. The van der Waals surface area contributed by atoms with Crippen LogP contribution in [0.1, 0.15) is 40.5 Å². The molecule has 20 heavy (non-hydrogen) atoms. The lowest BCUT2D eigenvalue weighted by atomic mass is 10.1. The van der Waals surface area contributed by atoms with Crippen LogP contribution >= 0.6 is 11.6 Å². The van der Waals surface area contributed by atoms with E-state index in [1.165, 1.54) is 12.1 Å². The van der Waals surface area contributed by atoms with E-state index in [1.54, 1.807) is 10.7 Å². The molecule has 6 nitrogen and oxygen atoms in total. The van der Waals surface area contributed by atoms with E-state index in [4.69, 9.17) is 16.7 Å². The molecule has 1 aromatic heterocycles. The second-order valence-electron chi connectivity index (χ2n) is 4.73. The summed E-state index contributed by atoms with van der Waals surface area (Å²) in [5.41, 5.74) is 2.00. The average molecular weight is 294 g/mol. The number of hydrogen-bond donors (Lipinski definition) is 2. The van der Waals surface area contributed by atoms with Gasteiger partial charge in [0.15, 0.2) is 0 Å². The summed E-state index contributed by atoms with van der Waals surface area (Å²) in [5, 5.41) is 26.6. The van der Waals surface area contributed by atoms with Gasteiger partial charge in [-0.1, -0.05) is 16.8 Å². The fourth-order valence-corrected chi connectivity index (χ4v) is 2.40. The first kappa shape index (κ1) is 13.1. The molecule has 0 atom stereocenters. The second kappa shape index (κ2) is 4.88. The second-order valence-corrected chi connectivity index (χ2v) is 5.14. The minimum absolute atomic E-state index is 0.0203. The normalized spacial score (nSPS) is 14.5. The van der Waals surface area contributed by atoms with Crippen molar-refractivity contribution in [2.75, 3.05) is 0 Å². The Labute approximate surface area is 119 Å². The molecule has 1 saturated carbocycles. The first-order valence-electron chi connectivity index (χ1n) is 6.20. The van der Waals surface area contributed by atoms with Crippen molar-refractivity contribution < 1.29 is 15.0 Å². The molecule has 0 amide bonds. The third-order valence-electron chi connectivity index (χ3n) is 3.32. The number of aliphatic hydroxyl groups excluding tert-OH is 1. The number of carboxylic acid groups (broad SMARTS) is 1. The number of rotatable bonds is 4. The third kappa shape index (κ3) is 2.17. The van der Waals surface area contributed by atoms with Crippen LogP contribution in [0.25, 0.3) is 5.69 Å². The van der Waals surface area contributed by atoms with Gasteiger partial charge in [0.2, 0.25) is 0 Å². The summed E-state index contributed by atoms with van der Waals surface area (Å²) in [6.07, 6.45) is 2.06. The van der Waals surface area contributed by atoms with Crippen molar-refractivity contribution >= 4 is 17.6 Å². The van der Waals surface area contributed by atoms with Crippen LogP contribution in [-0.4, -0.2) is 31.2 Å². The van der Waals surface area contributed by atoms with Gasteiger partial charge in [-0.3, -0.25) is 0 Å². The van der Waals surface area contributed by atoms with Crippen LogP contribution in [-0.2, 0) is 6.61 Å². The van der Waals surface area contributed by atoms with E-state index < -0.39 is 5.97 Å². The SMILES string of the molecule is O=C(O)c1cc(-n2nnc(CO)c2C2CC2)ccc1Cl. The number of aromatic carboxylic acids is 1. The van der Waals surface area contributed by atoms with E-state index in [2.05, 4.69) is 10.3 Å². The van der Waals surface area contributed by atoms with Crippen LogP contribution in [0, 0.1) is 0 Å². The van der Waals surface area contributed by atoms with Gasteiger partial charge in [0.25, 0.3) is 0 Å². The summed E-state index contributed by atoms with van der Waals surface area (Å²) in [6, 6.07) is 4.68. The molecule has 7 heteroatoms. The predicted octanol–water partition coefficient (Wildman–Crippen LogP) is 1.99. The lowest BCUT2D eigenvalue weighted by Crippen LogP contribution is -2.05. The highest BCUT2D eigenvalue weighted by atomic mass is 35.5. The molecular weight excluding hydrogens is 282 g/mol. The van der Waals surface area contributed by atoms with Crippen molar-refractivity contribution in [3.8, 4) is 5.69 Å². The molecule has 0 bridgehead atoms. The Morgan fingerprint density at radius 3 is 2.80 bits per heavy atom. The Bertz CT molecular complexity index is 679. The lowest BCUT2D eigenvalue weighted by molar-refractivity contribution is 0.0697. The molecule has 104 valence electrons. The maximum atomic E-state index is 11.1. The van der Waals surface area contributed by atoms with Gasteiger partial charge in [-0.25, -0.2) is 9.48 Å². The van der Waals surface area contributed by atoms with Crippen molar-refractivity contribution in [2.45, 2.75) is 25.4 Å². The molecule has 1 aromatic carbocycles. The summed E-state index contributed by atoms with van der Waals surface area (Å²) >= 11 is 5.86. The topological polar surface area (TPSA) is 88.2 Å². The van der Waals surface area contributed by atoms with Gasteiger partial charge in [-0.05, 0) is 31.0 Å². The van der Waals surface area contributed by atoms with Crippen molar-refractivity contribution in [3.63, 3.8) is 0 Å². The zero-order valence-electron chi connectivity index (χ0n) is 10.5. The molecule has 1 heterocycles. The highest BCUT2D eigenvalue weighted by Crippen LogP contribution is 2.42. The number of carboxylic acids is 1. The molecule has 0 unspecified atom stereocenters. The molecule has 3 rings (SSSR count). The average Bonchev–Trinajstić information content (AvgIpc) is 3.18. The molecule has 0 radical (unpaired) electrons. The maximum Gasteiger partial charge on any atom is 0.337 e. The number of nitrogens with zero attached hydrogens (tertiary/aromatic N) is 3. The maximum absolute atomic E-state index is 11.1. The fraction of sp³-hybridized carbons (Fsp3) is 0.308. The quantitative estimate of drug-likeness (QED) is 0.900. The third-order valence-corrected chi connectivity index (χ3v) is 3.65. The van der Waals surface area contributed by atoms with Gasteiger partial charge in [0, 0.05) is 5.92 Å². The zero-order valence-corrected chi connectivity index (χ0v) is 11.2. The van der Waals surface area contributed by atoms with Crippen LogP contribution in [0.2, 0.25) is 5.02 Å². The van der Waals surface area contributed by atoms with E-state index >= 15 is 0 Å². The molecule has 0 saturated heterocycles. The van der Waals surface area contributed by atoms with E-state index in [9.17, 15) is 9.90 Å². The van der Waals surface area contributed by atoms with Crippen LogP contribution in [0.4, 0.5) is 0 Å². The molecular formula is C13H12ClN3O3. The van der Waals surface area contributed by atoms with Crippen LogP contribution in [0.5, 0.6) is 0 Å².